The fourth-order valence-electron chi connectivity index (χ4n) is 2.99. The molecule has 74 valence electrons. The summed E-state index contributed by atoms with van der Waals surface area (Å²) >= 11 is 0. The van der Waals surface area contributed by atoms with Crippen LogP contribution in [0.15, 0.2) is 0 Å². The summed E-state index contributed by atoms with van der Waals surface area (Å²) in [6, 6.07) is 0. The molecular weight excluding hydrogens is 164 g/mol. The molecule has 1 heterocycles. The van der Waals surface area contributed by atoms with E-state index < -0.39 is 0 Å². The van der Waals surface area contributed by atoms with Crippen molar-refractivity contribution in [2.75, 3.05) is 19.6 Å². The maximum absolute atomic E-state index is 11.2. The molecule has 2 unspecified atom stereocenters. The molecule has 1 aliphatic carbocycles. The number of nitrogens with two attached hydrogens (primary N) is 1. The Morgan fingerprint density at radius 3 is 3.00 bits per heavy atom. The number of rotatable bonds is 1. The predicted molar refractivity (Wildman–Crippen MR) is 51.1 cm³/mol. The number of hydrogen-bond donors (Lipinski definition) is 1. The molecule has 13 heavy (non-hydrogen) atoms. The molecule has 0 aromatic heterocycles. The third-order valence-corrected chi connectivity index (χ3v) is 3.89. The number of fused-ring (bicyclic) bond motifs is 1. The van der Waals surface area contributed by atoms with E-state index in [1.165, 1.54) is 19.3 Å². The minimum absolute atomic E-state index is 0.210. The van der Waals surface area contributed by atoms with Crippen LogP contribution in [-0.4, -0.2) is 30.4 Å². The second-order valence-corrected chi connectivity index (χ2v) is 4.56. The van der Waals surface area contributed by atoms with E-state index in [1.54, 1.807) is 6.92 Å². The molecule has 1 aliphatic heterocycles. The summed E-state index contributed by atoms with van der Waals surface area (Å²) in [6.45, 7) is 4.27. The second kappa shape index (κ2) is 2.98. The highest BCUT2D eigenvalue weighted by atomic mass is 16.2. The minimum atomic E-state index is 0.210. The van der Waals surface area contributed by atoms with Crippen molar-refractivity contribution in [1.82, 2.24) is 4.90 Å². The summed E-state index contributed by atoms with van der Waals surface area (Å²) in [4.78, 5) is 13.2. The lowest BCUT2D eigenvalue weighted by molar-refractivity contribution is -0.128. The molecule has 1 saturated heterocycles. The number of amides is 1. The van der Waals surface area contributed by atoms with E-state index in [0.29, 0.717) is 5.92 Å². The first-order valence-corrected chi connectivity index (χ1v) is 5.13. The first kappa shape index (κ1) is 9.00. The van der Waals surface area contributed by atoms with Gasteiger partial charge in [-0.25, -0.2) is 0 Å². The Morgan fingerprint density at radius 1 is 1.69 bits per heavy atom. The van der Waals surface area contributed by atoms with Gasteiger partial charge in [0.25, 0.3) is 0 Å². The van der Waals surface area contributed by atoms with Gasteiger partial charge in [-0.05, 0) is 25.3 Å². The van der Waals surface area contributed by atoms with Crippen LogP contribution in [0.2, 0.25) is 0 Å². The summed E-state index contributed by atoms with van der Waals surface area (Å²) in [7, 11) is 0. The Hall–Kier alpha value is -0.570. The largest absolute Gasteiger partial charge is 0.342 e. The smallest absolute Gasteiger partial charge is 0.219 e. The first-order valence-electron chi connectivity index (χ1n) is 5.13. The zero-order chi connectivity index (χ0) is 9.47. The molecule has 0 radical (unpaired) electrons. The molecule has 1 amide bonds. The Labute approximate surface area is 79.3 Å². The van der Waals surface area contributed by atoms with Crippen molar-refractivity contribution in [3.8, 4) is 0 Å². The van der Waals surface area contributed by atoms with Crippen LogP contribution in [-0.2, 0) is 4.79 Å². The third kappa shape index (κ3) is 1.26. The lowest BCUT2D eigenvalue weighted by Crippen LogP contribution is -2.36. The number of nitrogens with zero attached hydrogens (tertiary/aromatic N) is 1. The summed E-state index contributed by atoms with van der Waals surface area (Å²) in [5.74, 6) is 0.892. The van der Waals surface area contributed by atoms with Crippen molar-refractivity contribution in [3.05, 3.63) is 0 Å². The molecule has 0 bridgehead atoms. The van der Waals surface area contributed by atoms with Gasteiger partial charge in [-0.1, -0.05) is 6.42 Å². The lowest BCUT2D eigenvalue weighted by atomic mass is 9.81. The van der Waals surface area contributed by atoms with Crippen LogP contribution in [0.3, 0.4) is 0 Å². The summed E-state index contributed by atoms with van der Waals surface area (Å²) in [5.41, 5.74) is 6.12. The van der Waals surface area contributed by atoms with Gasteiger partial charge in [0.2, 0.25) is 5.91 Å². The van der Waals surface area contributed by atoms with Crippen molar-refractivity contribution in [1.29, 1.82) is 0 Å². The zero-order valence-electron chi connectivity index (χ0n) is 8.25. The Balaban J connectivity index is 2.13. The lowest BCUT2D eigenvalue weighted by Gasteiger charge is -2.26. The van der Waals surface area contributed by atoms with E-state index in [0.717, 1.165) is 19.6 Å². The average molecular weight is 182 g/mol. The van der Waals surface area contributed by atoms with Crippen molar-refractivity contribution in [2.45, 2.75) is 26.2 Å². The first-order chi connectivity index (χ1) is 6.18. The maximum atomic E-state index is 11.2. The Kier molecular flexibility index (Phi) is 2.06. The Bertz CT molecular complexity index is 229. The SMILES string of the molecule is CC(=O)N1CC2CCCC2(CN)C1. The summed E-state index contributed by atoms with van der Waals surface area (Å²) < 4.78 is 0. The molecule has 2 aliphatic rings. The Morgan fingerprint density at radius 2 is 2.46 bits per heavy atom. The molecular formula is C10H18N2O. The highest BCUT2D eigenvalue weighted by Crippen LogP contribution is 2.47. The van der Waals surface area contributed by atoms with Gasteiger partial charge < -0.3 is 10.6 Å². The highest BCUT2D eigenvalue weighted by Gasteiger charge is 2.48. The van der Waals surface area contributed by atoms with Gasteiger partial charge in [-0.3, -0.25) is 4.79 Å². The molecule has 2 fully saturated rings. The minimum Gasteiger partial charge on any atom is -0.342 e. The second-order valence-electron chi connectivity index (χ2n) is 4.56. The van der Waals surface area contributed by atoms with Crippen molar-refractivity contribution < 1.29 is 4.79 Å². The average Bonchev–Trinajstić information content (AvgIpc) is 2.58. The molecule has 2 N–H and O–H groups in total. The molecule has 3 heteroatoms. The van der Waals surface area contributed by atoms with E-state index in [1.807, 2.05) is 4.90 Å². The van der Waals surface area contributed by atoms with Crippen molar-refractivity contribution in [3.63, 3.8) is 0 Å². The molecule has 2 rings (SSSR count). The van der Waals surface area contributed by atoms with E-state index in [2.05, 4.69) is 0 Å². The molecule has 0 spiro atoms. The van der Waals surface area contributed by atoms with E-state index in [9.17, 15) is 4.79 Å². The quantitative estimate of drug-likeness (QED) is 0.645. The zero-order valence-corrected chi connectivity index (χ0v) is 8.25. The van der Waals surface area contributed by atoms with E-state index in [4.69, 9.17) is 5.73 Å². The van der Waals surface area contributed by atoms with Crippen LogP contribution >= 0.6 is 0 Å². The molecule has 3 nitrogen and oxygen atoms in total. The molecule has 1 saturated carbocycles. The number of carbonyl (C=O) groups excluding carboxylic acids is 1. The van der Waals surface area contributed by atoms with Crippen LogP contribution in [0.25, 0.3) is 0 Å². The summed E-state index contributed by atoms with van der Waals surface area (Å²) in [5, 5.41) is 0. The normalized spacial score (nSPS) is 38.0. The van der Waals surface area contributed by atoms with Gasteiger partial charge in [-0.2, -0.15) is 0 Å². The molecule has 0 aromatic carbocycles. The van der Waals surface area contributed by atoms with Crippen LogP contribution in [0.5, 0.6) is 0 Å². The molecule has 0 aromatic rings. The maximum Gasteiger partial charge on any atom is 0.219 e. The fourth-order valence-corrected chi connectivity index (χ4v) is 2.99. The van der Waals surface area contributed by atoms with Crippen LogP contribution in [0.4, 0.5) is 0 Å². The van der Waals surface area contributed by atoms with Crippen molar-refractivity contribution >= 4 is 5.91 Å². The standard InChI is InChI=1S/C10H18N2O/c1-8(13)12-5-9-3-2-4-10(9,6-11)7-12/h9H,2-7,11H2,1H3. The fraction of sp³-hybridized carbons (Fsp3) is 0.900. The van der Waals surface area contributed by atoms with Gasteiger partial charge in [0.1, 0.15) is 0 Å². The molecule has 2 atom stereocenters. The van der Waals surface area contributed by atoms with E-state index in [-0.39, 0.29) is 11.3 Å². The van der Waals surface area contributed by atoms with Gasteiger partial charge in [0.15, 0.2) is 0 Å². The number of hydrogen-bond acceptors (Lipinski definition) is 2. The number of carbonyl (C=O) groups is 1. The van der Waals surface area contributed by atoms with Crippen LogP contribution in [0.1, 0.15) is 26.2 Å². The predicted octanol–water partition coefficient (Wildman–Crippen LogP) is 0.594. The van der Waals surface area contributed by atoms with Gasteiger partial charge in [0, 0.05) is 25.4 Å². The number of likely N-dealkylation sites (tertiary alicyclic amines) is 1. The van der Waals surface area contributed by atoms with Crippen LogP contribution in [0, 0.1) is 11.3 Å². The monoisotopic (exact) mass is 182 g/mol. The summed E-state index contributed by atoms with van der Waals surface area (Å²) in [6.07, 6.45) is 3.78. The van der Waals surface area contributed by atoms with Gasteiger partial charge >= 0.3 is 0 Å². The van der Waals surface area contributed by atoms with Gasteiger partial charge in [0.05, 0.1) is 0 Å². The topological polar surface area (TPSA) is 46.3 Å². The highest BCUT2D eigenvalue weighted by molar-refractivity contribution is 5.73. The third-order valence-electron chi connectivity index (χ3n) is 3.89. The van der Waals surface area contributed by atoms with Gasteiger partial charge in [-0.15, -0.1) is 0 Å². The van der Waals surface area contributed by atoms with E-state index >= 15 is 0 Å². The van der Waals surface area contributed by atoms with Crippen LogP contribution < -0.4 is 5.73 Å². The van der Waals surface area contributed by atoms with Crippen molar-refractivity contribution in [2.24, 2.45) is 17.1 Å².